The van der Waals surface area contributed by atoms with E-state index >= 15 is 0 Å². The number of hydrogen-bond acceptors (Lipinski definition) is 4. The maximum Gasteiger partial charge on any atom is 0.318 e. The molecule has 3 rings (SSSR count). The van der Waals surface area contributed by atoms with Crippen LogP contribution >= 0.6 is 0 Å². The minimum atomic E-state index is -0.889. The number of anilines is 1. The molecule has 0 saturated heterocycles. The molecule has 1 N–H and O–H groups in total. The number of fused-ring (bicyclic) bond motifs is 1. The third kappa shape index (κ3) is 3.58. The zero-order chi connectivity index (χ0) is 17.8. The number of carbonyl (C=O) groups is 1. The fourth-order valence-electron chi connectivity index (χ4n) is 2.53. The van der Waals surface area contributed by atoms with Gasteiger partial charge in [0.1, 0.15) is 0 Å². The van der Waals surface area contributed by atoms with Crippen molar-refractivity contribution >= 4 is 28.1 Å². The highest BCUT2D eigenvalue weighted by atomic mass is 16.6. The maximum atomic E-state index is 12.3. The molecule has 3 aromatic rings. The molecule has 6 heteroatoms. The highest BCUT2D eigenvalue weighted by molar-refractivity contribution is 5.95. The minimum Gasteiger partial charge on any atom is -0.474 e. The van der Waals surface area contributed by atoms with Crippen LogP contribution in [0.25, 0.3) is 10.8 Å². The SMILES string of the molecule is CC(Oc1ccc2ccccc2c1[N+](=O)[O-])C(=O)Nc1ccccc1. The van der Waals surface area contributed by atoms with E-state index in [-0.39, 0.29) is 17.3 Å². The van der Waals surface area contributed by atoms with Crippen LogP contribution in [0, 0.1) is 10.1 Å². The average Bonchev–Trinajstić information content (AvgIpc) is 2.62. The van der Waals surface area contributed by atoms with E-state index in [9.17, 15) is 14.9 Å². The van der Waals surface area contributed by atoms with E-state index in [1.807, 2.05) is 12.1 Å². The average molecular weight is 336 g/mol. The lowest BCUT2D eigenvalue weighted by Crippen LogP contribution is -2.30. The van der Waals surface area contributed by atoms with Crippen molar-refractivity contribution in [1.29, 1.82) is 0 Å². The highest BCUT2D eigenvalue weighted by Crippen LogP contribution is 2.35. The molecule has 0 aliphatic carbocycles. The van der Waals surface area contributed by atoms with Gasteiger partial charge < -0.3 is 10.1 Å². The third-order valence-corrected chi connectivity index (χ3v) is 3.76. The summed E-state index contributed by atoms with van der Waals surface area (Å²) in [5, 5.41) is 15.4. The van der Waals surface area contributed by atoms with Crippen molar-refractivity contribution in [2.24, 2.45) is 0 Å². The highest BCUT2D eigenvalue weighted by Gasteiger charge is 2.23. The Kier molecular flexibility index (Phi) is 4.61. The first kappa shape index (κ1) is 16.4. The van der Waals surface area contributed by atoms with Crippen LogP contribution in [0.1, 0.15) is 6.92 Å². The van der Waals surface area contributed by atoms with Crippen molar-refractivity contribution in [1.82, 2.24) is 0 Å². The monoisotopic (exact) mass is 336 g/mol. The number of ether oxygens (including phenoxy) is 1. The molecular weight excluding hydrogens is 320 g/mol. The van der Waals surface area contributed by atoms with E-state index in [1.165, 1.54) is 6.07 Å². The molecule has 1 atom stereocenters. The Hall–Kier alpha value is -3.41. The predicted molar refractivity (Wildman–Crippen MR) is 95.8 cm³/mol. The van der Waals surface area contributed by atoms with Gasteiger partial charge in [-0.2, -0.15) is 0 Å². The van der Waals surface area contributed by atoms with Gasteiger partial charge >= 0.3 is 5.69 Å². The van der Waals surface area contributed by atoms with Crippen LogP contribution in [0.5, 0.6) is 5.75 Å². The Morgan fingerprint density at radius 2 is 1.72 bits per heavy atom. The summed E-state index contributed by atoms with van der Waals surface area (Å²) in [7, 11) is 0. The normalized spacial score (nSPS) is 11.7. The second-order valence-electron chi connectivity index (χ2n) is 5.51. The molecule has 25 heavy (non-hydrogen) atoms. The number of amides is 1. The fourth-order valence-corrected chi connectivity index (χ4v) is 2.53. The summed E-state index contributed by atoms with van der Waals surface area (Å²) in [5.41, 5.74) is 0.494. The van der Waals surface area contributed by atoms with Gasteiger partial charge in [0.15, 0.2) is 11.9 Å². The van der Waals surface area contributed by atoms with Crippen LogP contribution in [0.15, 0.2) is 66.7 Å². The molecule has 6 nitrogen and oxygen atoms in total. The van der Waals surface area contributed by atoms with Gasteiger partial charge in [0.05, 0.1) is 10.3 Å². The van der Waals surface area contributed by atoms with Gasteiger partial charge in [-0.3, -0.25) is 14.9 Å². The zero-order valence-electron chi connectivity index (χ0n) is 13.5. The number of carbonyl (C=O) groups excluding carboxylic acids is 1. The van der Waals surface area contributed by atoms with Crippen molar-refractivity contribution in [2.45, 2.75) is 13.0 Å². The van der Waals surface area contributed by atoms with Gasteiger partial charge in [-0.15, -0.1) is 0 Å². The van der Waals surface area contributed by atoms with Gasteiger partial charge in [-0.1, -0.05) is 42.5 Å². The van der Waals surface area contributed by atoms with Crippen LogP contribution in [0.2, 0.25) is 0 Å². The molecular formula is C19H16N2O4. The second kappa shape index (κ2) is 7.00. The predicted octanol–water partition coefficient (Wildman–Crippen LogP) is 4.15. The van der Waals surface area contributed by atoms with Gasteiger partial charge in [-0.05, 0) is 36.6 Å². The Balaban J connectivity index is 1.85. The lowest BCUT2D eigenvalue weighted by molar-refractivity contribution is -0.384. The number of nitrogens with one attached hydrogen (secondary N) is 1. The molecule has 1 amide bonds. The molecule has 0 saturated carbocycles. The number of nitro groups is 1. The van der Waals surface area contributed by atoms with E-state index in [1.54, 1.807) is 55.5 Å². The van der Waals surface area contributed by atoms with Gasteiger partial charge in [0.2, 0.25) is 0 Å². The van der Waals surface area contributed by atoms with Gasteiger partial charge in [-0.25, -0.2) is 0 Å². The standard InChI is InChI=1S/C19H16N2O4/c1-13(19(22)20-15-8-3-2-4-9-15)25-17-12-11-14-7-5-6-10-16(14)18(17)21(23)24/h2-13H,1H3,(H,20,22). The first-order valence-electron chi connectivity index (χ1n) is 7.75. The van der Waals surface area contributed by atoms with Crippen molar-refractivity contribution in [3.05, 3.63) is 76.8 Å². The molecule has 1 unspecified atom stereocenters. The van der Waals surface area contributed by atoms with E-state index in [0.717, 1.165) is 5.39 Å². The molecule has 0 fully saturated rings. The number of nitrogens with zero attached hydrogens (tertiary/aromatic N) is 1. The zero-order valence-corrected chi connectivity index (χ0v) is 13.5. The van der Waals surface area contributed by atoms with E-state index in [2.05, 4.69) is 5.32 Å². The van der Waals surface area contributed by atoms with Crippen molar-refractivity contribution in [3.63, 3.8) is 0 Å². The molecule has 126 valence electrons. The Labute approximate surface area is 144 Å². The van der Waals surface area contributed by atoms with Crippen molar-refractivity contribution in [3.8, 4) is 5.75 Å². The van der Waals surface area contributed by atoms with Crippen LogP contribution < -0.4 is 10.1 Å². The Bertz CT molecular complexity index is 925. The van der Waals surface area contributed by atoms with Crippen LogP contribution in [-0.2, 0) is 4.79 Å². The molecule has 0 aliphatic rings. The summed E-state index contributed by atoms with van der Waals surface area (Å²) in [6.07, 6.45) is -0.889. The van der Waals surface area contributed by atoms with Gasteiger partial charge in [0, 0.05) is 5.69 Å². The number of benzene rings is 3. The summed E-state index contributed by atoms with van der Waals surface area (Å²) in [6.45, 7) is 1.55. The second-order valence-corrected chi connectivity index (χ2v) is 5.51. The molecule has 0 radical (unpaired) electrons. The lowest BCUT2D eigenvalue weighted by atomic mass is 10.1. The lowest BCUT2D eigenvalue weighted by Gasteiger charge is -2.15. The summed E-state index contributed by atoms with van der Waals surface area (Å²) in [4.78, 5) is 23.3. The minimum absolute atomic E-state index is 0.0689. The van der Waals surface area contributed by atoms with Crippen LogP contribution in [-0.4, -0.2) is 16.9 Å². The summed E-state index contributed by atoms with van der Waals surface area (Å²) >= 11 is 0. The summed E-state index contributed by atoms with van der Waals surface area (Å²) in [6, 6.07) is 19.2. The Morgan fingerprint density at radius 1 is 1.04 bits per heavy atom. The Morgan fingerprint density at radius 3 is 2.44 bits per heavy atom. The first-order valence-corrected chi connectivity index (χ1v) is 7.75. The van der Waals surface area contributed by atoms with Crippen molar-refractivity contribution in [2.75, 3.05) is 5.32 Å². The number of para-hydroxylation sites is 1. The van der Waals surface area contributed by atoms with E-state index in [4.69, 9.17) is 4.74 Å². The van der Waals surface area contributed by atoms with Crippen LogP contribution in [0.3, 0.4) is 0 Å². The molecule has 0 aliphatic heterocycles. The summed E-state index contributed by atoms with van der Waals surface area (Å²) < 4.78 is 5.60. The summed E-state index contributed by atoms with van der Waals surface area (Å²) in [5.74, 6) is -0.312. The maximum absolute atomic E-state index is 12.3. The first-order chi connectivity index (χ1) is 12.1. The van der Waals surface area contributed by atoms with E-state index < -0.39 is 11.0 Å². The van der Waals surface area contributed by atoms with Crippen molar-refractivity contribution < 1.29 is 14.5 Å². The molecule has 0 heterocycles. The topological polar surface area (TPSA) is 81.5 Å². The number of rotatable bonds is 5. The number of nitro benzene ring substituents is 1. The molecule has 3 aromatic carbocycles. The fraction of sp³-hybridized carbons (Fsp3) is 0.105. The van der Waals surface area contributed by atoms with Crippen LogP contribution in [0.4, 0.5) is 11.4 Å². The van der Waals surface area contributed by atoms with Gasteiger partial charge in [0.25, 0.3) is 5.91 Å². The third-order valence-electron chi connectivity index (χ3n) is 3.76. The largest absolute Gasteiger partial charge is 0.474 e. The molecule has 0 aromatic heterocycles. The van der Waals surface area contributed by atoms with E-state index in [0.29, 0.717) is 11.1 Å². The number of hydrogen-bond donors (Lipinski definition) is 1. The smallest absolute Gasteiger partial charge is 0.318 e. The molecule has 0 spiro atoms. The molecule has 0 bridgehead atoms. The quantitative estimate of drug-likeness (QED) is 0.560.